The Morgan fingerprint density at radius 2 is 1.78 bits per heavy atom. The summed E-state index contributed by atoms with van der Waals surface area (Å²) in [7, 11) is 3.89. The maximum absolute atomic E-state index is 5.46. The number of piperazine rings is 1. The smallest absolute Gasteiger partial charge is 0.191 e. The molecule has 1 fully saturated rings. The average molecular weight is 562 g/mol. The van der Waals surface area contributed by atoms with Crippen molar-refractivity contribution < 1.29 is 9.47 Å². The van der Waals surface area contributed by atoms with Crippen LogP contribution < -0.4 is 15.4 Å². The minimum absolute atomic E-state index is 0. The molecule has 1 unspecified atom stereocenters. The van der Waals surface area contributed by atoms with Gasteiger partial charge in [0.2, 0.25) is 0 Å². The lowest BCUT2D eigenvalue weighted by molar-refractivity contribution is 0.0900. The molecule has 0 bridgehead atoms. The standard InChI is InChI=1S/C24H43N5O2.HI/c1-6-31-17-7-12-25-24(26-18-21-8-10-22(30-5)11-9-21)27-19-23(20(2)3)29-15-13-28(4)14-16-29;/h8-11,20,23H,6-7,12-19H2,1-5H3,(H2,25,26,27);1H. The van der Waals surface area contributed by atoms with E-state index >= 15 is 0 Å². The van der Waals surface area contributed by atoms with E-state index < -0.39 is 0 Å². The average Bonchev–Trinajstić information content (AvgIpc) is 2.78. The summed E-state index contributed by atoms with van der Waals surface area (Å²) in [4.78, 5) is 9.87. The first-order valence-corrected chi connectivity index (χ1v) is 11.7. The van der Waals surface area contributed by atoms with Crippen LogP contribution in [-0.2, 0) is 11.3 Å². The molecule has 1 aromatic rings. The topological polar surface area (TPSA) is 61.4 Å². The summed E-state index contributed by atoms with van der Waals surface area (Å²) in [5.41, 5.74) is 1.16. The molecule has 1 heterocycles. The number of methoxy groups -OCH3 is 1. The van der Waals surface area contributed by atoms with Crippen molar-refractivity contribution in [2.45, 2.75) is 39.8 Å². The molecular formula is C24H44IN5O2. The zero-order valence-electron chi connectivity index (χ0n) is 20.6. The van der Waals surface area contributed by atoms with Crippen LogP contribution in [0.15, 0.2) is 29.3 Å². The van der Waals surface area contributed by atoms with Gasteiger partial charge in [-0.3, -0.25) is 4.90 Å². The van der Waals surface area contributed by atoms with Crippen molar-refractivity contribution in [3.63, 3.8) is 0 Å². The quantitative estimate of drug-likeness (QED) is 0.177. The Labute approximate surface area is 212 Å². The molecule has 0 amide bonds. The highest BCUT2D eigenvalue weighted by atomic mass is 127. The monoisotopic (exact) mass is 561 g/mol. The molecule has 7 nitrogen and oxygen atoms in total. The van der Waals surface area contributed by atoms with Crippen LogP contribution in [0.4, 0.5) is 0 Å². The highest BCUT2D eigenvalue weighted by Gasteiger charge is 2.25. The normalized spacial score (nSPS) is 16.5. The molecule has 0 aromatic heterocycles. The summed E-state index contributed by atoms with van der Waals surface area (Å²) in [6.45, 7) is 15.1. The number of ether oxygens (including phenoxy) is 2. The number of aliphatic imine (C=N–C) groups is 1. The molecule has 1 atom stereocenters. The summed E-state index contributed by atoms with van der Waals surface area (Å²) < 4.78 is 10.7. The van der Waals surface area contributed by atoms with Crippen LogP contribution in [0, 0.1) is 5.92 Å². The number of guanidine groups is 1. The van der Waals surface area contributed by atoms with E-state index in [9.17, 15) is 0 Å². The fraction of sp³-hybridized carbons (Fsp3) is 0.708. The maximum Gasteiger partial charge on any atom is 0.191 e. The van der Waals surface area contributed by atoms with Gasteiger partial charge in [0.25, 0.3) is 0 Å². The molecule has 1 aliphatic rings. The lowest BCUT2D eigenvalue weighted by atomic mass is 10.0. The molecule has 0 saturated carbocycles. The highest BCUT2D eigenvalue weighted by Crippen LogP contribution is 2.13. The van der Waals surface area contributed by atoms with E-state index in [4.69, 9.17) is 14.5 Å². The molecule has 2 rings (SSSR count). The Balaban J connectivity index is 0.00000512. The summed E-state index contributed by atoms with van der Waals surface area (Å²) in [5, 5.41) is 7.09. The van der Waals surface area contributed by atoms with Crippen molar-refractivity contribution in [1.29, 1.82) is 0 Å². The second-order valence-corrected chi connectivity index (χ2v) is 8.52. The fourth-order valence-electron chi connectivity index (χ4n) is 3.74. The predicted molar refractivity (Wildman–Crippen MR) is 144 cm³/mol. The van der Waals surface area contributed by atoms with Crippen LogP contribution in [0.2, 0.25) is 0 Å². The van der Waals surface area contributed by atoms with Gasteiger partial charge < -0.3 is 25.0 Å². The Hall–Kier alpha value is -1.10. The third kappa shape index (κ3) is 10.7. The van der Waals surface area contributed by atoms with E-state index in [1.807, 2.05) is 19.1 Å². The second kappa shape index (κ2) is 16.5. The minimum Gasteiger partial charge on any atom is -0.497 e. The Bertz CT molecular complexity index is 634. The molecule has 0 spiro atoms. The highest BCUT2D eigenvalue weighted by molar-refractivity contribution is 14.0. The first-order chi connectivity index (χ1) is 15.0. The number of benzene rings is 1. The fourth-order valence-corrected chi connectivity index (χ4v) is 3.74. The SMILES string of the molecule is CCOCCCNC(=NCc1ccc(OC)cc1)NCC(C(C)C)N1CCN(C)CC1.I. The number of nitrogens with one attached hydrogen (secondary N) is 2. The molecule has 184 valence electrons. The zero-order chi connectivity index (χ0) is 22.5. The van der Waals surface area contributed by atoms with Crippen LogP contribution in [0.25, 0.3) is 0 Å². The number of halogens is 1. The molecule has 8 heteroatoms. The first-order valence-electron chi connectivity index (χ1n) is 11.7. The molecule has 1 aromatic carbocycles. The van der Waals surface area contributed by atoms with Crippen molar-refractivity contribution in [3.05, 3.63) is 29.8 Å². The van der Waals surface area contributed by atoms with E-state index in [0.717, 1.165) is 76.2 Å². The van der Waals surface area contributed by atoms with Crippen LogP contribution in [0.3, 0.4) is 0 Å². The summed E-state index contributed by atoms with van der Waals surface area (Å²) in [5.74, 6) is 2.32. The van der Waals surface area contributed by atoms with Crippen LogP contribution in [0.1, 0.15) is 32.8 Å². The van der Waals surface area contributed by atoms with Gasteiger partial charge in [0.05, 0.1) is 13.7 Å². The van der Waals surface area contributed by atoms with Gasteiger partial charge in [-0.15, -0.1) is 24.0 Å². The van der Waals surface area contributed by atoms with Crippen LogP contribution in [-0.4, -0.2) is 88.4 Å². The Morgan fingerprint density at radius 3 is 2.38 bits per heavy atom. The van der Waals surface area contributed by atoms with E-state index in [-0.39, 0.29) is 24.0 Å². The lowest BCUT2D eigenvalue weighted by Gasteiger charge is -2.40. The first kappa shape index (κ1) is 28.9. The molecule has 2 N–H and O–H groups in total. The second-order valence-electron chi connectivity index (χ2n) is 8.52. The van der Waals surface area contributed by atoms with E-state index in [0.29, 0.717) is 18.5 Å². The summed E-state index contributed by atoms with van der Waals surface area (Å²) in [6, 6.07) is 8.59. The molecule has 1 saturated heterocycles. The predicted octanol–water partition coefficient (Wildman–Crippen LogP) is 3.05. The molecule has 1 aliphatic heterocycles. The van der Waals surface area contributed by atoms with Gasteiger partial charge >= 0.3 is 0 Å². The van der Waals surface area contributed by atoms with Crippen LogP contribution >= 0.6 is 24.0 Å². The van der Waals surface area contributed by atoms with Crippen molar-refractivity contribution in [2.75, 3.05) is 66.6 Å². The van der Waals surface area contributed by atoms with E-state index in [2.05, 4.69) is 53.5 Å². The number of likely N-dealkylation sites (N-methyl/N-ethyl adjacent to an activating group) is 1. The van der Waals surface area contributed by atoms with E-state index in [1.54, 1.807) is 7.11 Å². The van der Waals surface area contributed by atoms with Gasteiger partial charge in [-0.1, -0.05) is 26.0 Å². The van der Waals surface area contributed by atoms with Crippen molar-refractivity contribution in [1.82, 2.24) is 20.4 Å². The van der Waals surface area contributed by atoms with Gasteiger partial charge in [-0.2, -0.15) is 0 Å². The number of hydrogen-bond donors (Lipinski definition) is 2. The Morgan fingerprint density at radius 1 is 1.09 bits per heavy atom. The maximum atomic E-state index is 5.46. The van der Waals surface area contributed by atoms with Crippen LogP contribution in [0.5, 0.6) is 5.75 Å². The minimum atomic E-state index is 0. The van der Waals surface area contributed by atoms with Gasteiger partial charge in [0.15, 0.2) is 5.96 Å². The van der Waals surface area contributed by atoms with Crippen molar-refractivity contribution >= 4 is 29.9 Å². The molecule has 0 aliphatic carbocycles. The number of nitrogens with zero attached hydrogens (tertiary/aromatic N) is 3. The Kier molecular flexibility index (Phi) is 14.9. The van der Waals surface area contributed by atoms with Gasteiger partial charge in [0, 0.05) is 58.5 Å². The van der Waals surface area contributed by atoms with Crippen molar-refractivity contribution in [3.8, 4) is 5.75 Å². The van der Waals surface area contributed by atoms with Crippen molar-refractivity contribution in [2.24, 2.45) is 10.9 Å². The molecular weight excluding hydrogens is 517 g/mol. The molecule has 32 heavy (non-hydrogen) atoms. The largest absolute Gasteiger partial charge is 0.497 e. The zero-order valence-corrected chi connectivity index (χ0v) is 22.9. The summed E-state index contributed by atoms with van der Waals surface area (Å²) in [6.07, 6.45) is 0.961. The lowest BCUT2D eigenvalue weighted by Crippen LogP contribution is -2.55. The van der Waals surface area contributed by atoms with Gasteiger partial charge in [-0.05, 0) is 44.0 Å². The van der Waals surface area contributed by atoms with Gasteiger partial charge in [-0.25, -0.2) is 4.99 Å². The summed E-state index contributed by atoms with van der Waals surface area (Å²) >= 11 is 0. The van der Waals surface area contributed by atoms with Gasteiger partial charge in [0.1, 0.15) is 5.75 Å². The number of rotatable bonds is 12. The third-order valence-electron chi connectivity index (χ3n) is 5.80. The third-order valence-corrected chi connectivity index (χ3v) is 5.80. The van der Waals surface area contributed by atoms with E-state index in [1.165, 1.54) is 0 Å². The number of hydrogen-bond acceptors (Lipinski definition) is 5. The molecule has 0 radical (unpaired) electrons.